The maximum atomic E-state index is 13.6. The van der Waals surface area contributed by atoms with Crippen LogP contribution in [0, 0.1) is 0 Å². The minimum atomic E-state index is -0.680. The van der Waals surface area contributed by atoms with E-state index in [2.05, 4.69) is 29.2 Å². The number of amides is 2. The highest BCUT2D eigenvalue weighted by molar-refractivity contribution is 6.00. The van der Waals surface area contributed by atoms with Crippen molar-refractivity contribution in [1.82, 2.24) is 14.7 Å². The van der Waals surface area contributed by atoms with Gasteiger partial charge in [-0.15, -0.1) is 0 Å². The lowest BCUT2D eigenvalue weighted by Gasteiger charge is -2.33. The van der Waals surface area contributed by atoms with Crippen molar-refractivity contribution >= 4 is 11.8 Å². The molecule has 0 aliphatic carbocycles. The van der Waals surface area contributed by atoms with E-state index in [-0.39, 0.29) is 30.5 Å². The van der Waals surface area contributed by atoms with E-state index >= 15 is 0 Å². The SMILES string of the molecule is CC1(C)CN(C[C@H](O)CN2CCc3ccccc3C2)C(=O)c2ccc(C(=O)N3CC4CC3CO4)cc2O1. The van der Waals surface area contributed by atoms with Crippen molar-refractivity contribution in [3.05, 3.63) is 64.7 Å². The highest BCUT2D eigenvalue weighted by Gasteiger charge is 2.42. The molecule has 2 amide bonds. The monoisotopic (exact) mass is 505 g/mol. The molecule has 2 aromatic carbocycles. The van der Waals surface area contributed by atoms with Crippen LogP contribution in [0.4, 0.5) is 0 Å². The molecule has 8 nitrogen and oxygen atoms in total. The third kappa shape index (κ3) is 4.85. The average molecular weight is 506 g/mol. The van der Waals surface area contributed by atoms with Gasteiger partial charge in [-0.3, -0.25) is 14.5 Å². The summed E-state index contributed by atoms with van der Waals surface area (Å²) in [6, 6.07) is 13.7. The summed E-state index contributed by atoms with van der Waals surface area (Å²) in [7, 11) is 0. The molecule has 2 fully saturated rings. The molecule has 6 rings (SSSR count). The van der Waals surface area contributed by atoms with Crippen LogP contribution in [0.15, 0.2) is 42.5 Å². The lowest BCUT2D eigenvalue weighted by atomic mass is 9.99. The van der Waals surface area contributed by atoms with Crippen LogP contribution < -0.4 is 4.74 Å². The first kappa shape index (κ1) is 24.4. The second kappa shape index (κ2) is 9.42. The fourth-order valence-corrected chi connectivity index (χ4v) is 6.23. The summed E-state index contributed by atoms with van der Waals surface area (Å²) in [6.07, 6.45) is 1.30. The van der Waals surface area contributed by atoms with Gasteiger partial charge in [0.05, 0.1) is 37.0 Å². The summed E-state index contributed by atoms with van der Waals surface area (Å²) in [5.41, 5.74) is 2.94. The van der Waals surface area contributed by atoms with Gasteiger partial charge in [0.25, 0.3) is 11.8 Å². The average Bonchev–Trinajstić information content (AvgIpc) is 3.49. The molecule has 4 aliphatic heterocycles. The van der Waals surface area contributed by atoms with Crippen LogP contribution in [0.25, 0.3) is 0 Å². The number of β-amino-alcohol motifs (C(OH)–C–C–N with tert-alkyl or cyclic N) is 1. The van der Waals surface area contributed by atoms with Gasteiger partial charge in [0.15, 0.2) is 0 Å². The molecule has 4 aliphatic rings. The van der Waals surface area contributed by atoms with Crippen LogP contribution in [0.3, 0.4) is 0 Å². The Kier molecular flexibility index (Phi) is 6.21. The summed E-state index contributed by atoms with van der Waals surface area (Å²) in [4.78, 5) is 32.6. The number of nitrogens with zero attached hydrogens (tertiary/aromatic N) is 3. The number of ether oxygens (including phenoxy) is 2. The van der Waals surface area contributed by atoms with Gasteiger partial charge in [-0.1, -0.05) is 24.3 Å². The first-order valence-electron chi connectivity index (χ1n) is 13.3. The lowest BCUT2D eigenvalue weighted by Crippen LogP contribution is -2.48. The van der Waals surface area contributed by atoms with Crippen molar-refractivity contribution in [3.63, 3.8) is 0 Å². The Morgan fingerprint density at radius 2 is 1.97 bits per heavy atom. The zero-order valence-electron chi connectivity index (χ0n) is 21.6. The van der Waals surface area contributed by atoms with Crippen molar-refractivity contribution in [2.24, 2.45) is 0 Å². The quantitative estimate of drug-likeness (QED) is 0.672. The smallest absolute Gasteiger partial charge is 0.257 e. The third-order valence-electron chi connectivity index (χ3n) is 7.98. The number of benzene rings is 2. The number of hydrogen-bond acceptors (Lipinski definition) is 6. The normalized spacial score (nSPS) is 25.3. The first-order valence-corrected chi connectivity index (χ1v) is 13.3. The van der Waals surface area contributed by atoms with E-state index in [1.54, 1.807) is 23.1 Å². The number of fused-ring (bicyclic) bond motifs is 4. The van der Waals surface area contributed by atoms with Crippen molar-refractivity contribution in [3.8, 4) is 5.75 Å². The minimum absolute atomic E-state index is 0.0490. The van der Waals surface area contributed by atoms with Crippen molar-refractivity contribution in [1.29, 1.82) is 0 Å². The summed E-state index contributed by atoms with van der Waals surface area (Å²) < 4.78 is 11.9. The van der Waals surface area contributed by atoms with Crippen LogP contribution in [0.1, 0.15) is 52.1 Å². The van der Waals surface area contributed by atoms with Crippen molar-refractivity contribution in [2.45, 2.75) is 57.1 Å². The zero-order chi connectivity index (χ0) is 25.7. The minimum Gasteiger partial charge on any atom is -0.485 e. The molecule has 3 atom stereocenters. The highest BCUT2D eigenvalue weighted by atomic mass is 16.5. The predicted molar refractivity (Wildman–Crippen MR) is 138 cm³/mol. The van der Waals surface area contributed by atoms with E-state index < -0.39 is 11.7 Å². The maximum absolute atomic E-state index is 13.6. The van der Waals surface area contributed by atoms with Crippen LogP contribution in [0.2, 0.25) is 0 Å². The molecule has 8 heteroatoms. The molecule has 2 aromatic rings. The van der Waals surface area contributed by atoms with E-state index in [9.17, 15) is 14.7 Å². The standard InChI is InChI=1S/C29H35N3O5/c1-29(2)18-31(15-23(33)14-30-10-9-19-5-3-4-6-21(19)13-30)28(35)25-8-7-20(11-26(25)37-29)27(34)32-16-24-12-22(32)17-36-24/h3-8,11,22-24,33H,9-10,12-18H2,1-2H3/t22?,23-,24?/m1/s1. The second-order valence-electron chi connectivity index (χ2n) is 11.5. The molecule has 2 unspecified atom stereocenters. The molecule has 0 spiro atoms. The lowest BCUT2D eigenvalue weighted by molar-refractivity contribution is 0.0256. The van der Waals surface area contributed by atoms with Crippen LogP contribution in [-0.4, -0.2) is 94.8 Å². The Bertz CT molecular complexity index is 1210. The van der Waals surface area contributed by atoms with Gasteiger partial charge in [0.2, 0.25) is 0 Å². The number of likely N-dealkylation sites (tertiary alicyclic amines) is 1. The van der Waals surface area contributed by atoms with E-state index in [0.29, 0.717) is 43.1 Å². The summed E-state index contributed by atoms with van der Waals surface area (Å²) >= 11 is 0. The fraction of sp³-hybridized carbons (Fsp3) is 0.517. The molecular formula is C29H35N3O5. The number of rotatable bonds is 5. The van der Waals surface area contributed by atoms with Gasteiger partial charge in [-0.05, 0) is 56.0 Å². The van der Waals surface area contributed by atoms with Crippen molar-refractivity contribution < 1.29 is 24.2 Å². The number of morpholine rings is 1. The van der Waals surface area contributed by atoms with Crippen LogP contribution in [0.5, 0.6) is 5.75 Å². The Morgan fingerprint density at radius 1 is 1.16 bits per heavy atom. The molecule has 0 aromatic heterocycles. The Hall–Kier alpha value is -2.94. The summed E-state index contributed by atoms with van der Waals surface area (Å²) in [5.74, 6) is 0.189. The van der Waals surface area contributed by atoms with E-state index in [0.717, 1.165) is 25.9 Å². The predicted octanol–water partition coefficient (Wildman–Crippen LogP) is 2.33. The molecule has 1 N–H and O–H groups in total. The van der Waals surface area contributed by atoms with Gasteiger partial charge in [0.1, 0.15) is 11.4 Å². The van der Waals surface area contributed by atoms with E-state index in [1.807, 2.05) is 18.7 Å². The Morgan fingerprint density at radius 3 is 2.73 bits per heavy atom. The number of hydrogen-bond donors (Lipinski definition) is 1. The fourth-order valence-electron chi connectivity index (χ4n) is 6.23. The largest absolute Gasteiger partial charge is 0.485 e. The van der Waals surface area contributed by atoms with Gasteiger partial charge < -0.3 is 24.4 Å². The van der Waals surface area contributed by atoms with Gasteiger partial charge >= 0.3 is 0 Å². The van der Waals surface area contributed by atoms with Crippen LogP contribution in [-0.2, 0) is 17.7 Å². The summed E-state index contributed by atoms with van der Waals surface area (Å²) in [6.45, 7) is 7.83. The third-order valence-corrected chi connectivity index (χ3v) is 7.98. The summed E-state index contributed by atoms with van der Waals surface area (Å²) in [5, 5.41) is 11.0. The number of carbonyl (C=O) groups excluding carboxylic acids is 2. The highest BCUT2D eigenvalue weighted by Crippen LogP contribution is 2.33. The number of aliphatic hydroxyl groups excluding tert-OH is 1. The topological polar surface area (TPSA) is 82.6 Å². The molecule has 0 radical (unpaired) electrons. The van der Waals surface area contributed by atoms with Crippen LogP contribution >= 0.6 is 0 Å². The first-order chi connectivity index (χ1) is 17.8. The van der Waals surface area contributed by atoms with Gasteiger partial charge in [-0.2, -0.15) is 0 Å². The molecular weight excluding hydrogens is 470 g/mol. The molecule has 0 saturated carbocycles. The number of carbonyl (C=O) groups is 2. The number of aliphatic hydroxyl groups is 1. The second-order valence-corrected chi connectivity index (χ2v) is 11.5. The Balaban J connectivity index is 1.16. The molecule has 2 bridgehead atoms. The molecule has 2 saturated heterocycles. The molecule has 4 heterocycles. The van der Waals surface area contributed by atoms with Gasteiger partial charge in [0, 0.05) is 38.3 Å². The molecule has 37 heavy (non-hydrogen) atoms. The van der Waals surface area contributed by atoms with E-state index in [4.69, 9.17) is 9.47 Å². The zero-order valence-corrected chi connectivity index (χ0v) is 21.6. The Labute approximate surface area is 217 Å². The molecule has 196 valence electrons. The maximum Gasteiger partial charge on any atom is 0.257 e. The van der Waals surface area contributed by atoms with E-state index in [1.165, 1.54) is 11.1 Å². The van der Waals surface area contributed by atoms with Crippen molar-refractivity contribution in [2.75, 3.05) is 39.3 Å². The van der Waals surface area contributed by atoms with Gasteiger partial charge in [-0.25, -0.2) is 0 Å².